The zero-order valence-corrected chi connectivity index (χ0v) is 11.7. The van der Waals surface area contributed by atoms with E-state index in [-0.39, 0.29) is 0 Å². The fourth-order valence-corrected chi connectivity index (χ4v) is 2.14. The second-order valence-corrected chi connectivity index (χ2v) is 4.28. The van der Waals surface area contributed by atoms with Crippen molar-refractivity contribution >= 4 is 11.9 Å². The molecule has 4 nitrogen and oxygen atoms in total. The zero-order chi connectivity index (χ0) is 13.7. The van der Waals surface area contributed by atoms with Crippen LogP contribution >= 0.6 is 0 Å². The van der Waals surface area contributed by atoms with E-state index < -0.39 is 0 Å². The number of nitrogens with one attached hydrogen (secondary N) is 1. The van der Waals surface area contributed by atoms with Crippen molar-refractivity contribution in [3.8, 4) is 0 Å². The molecule has 0 fully saturated rings. The van der Waals surface area contributed by atoms with Crippen LogP contribution in [0.5, 0.6) is 0 Å². The Balaban J connectivity index is 3.37. The lowest BCUT2D eigenvalue weighted by molar-refractivity contribution is 0.899. The van der Waals surface area contributed by atoms with Crippen LogP contribution in [0.1, 0.15) is 19.8 Å². The second-order valence-electron chi connectivity index (χ2n) is 4.28. The van der Waals surface area contributed by atoms with Crippen molar-refractivity contribution in [3.05, 3.63) is 34.7 Å². The van der Waals surface area contributed by atoms with Gasteiger partial charge >= 0.3 is 0 Å². The molecule has 0 saturated heterocycles. The summed E-state index contributed by atoms with van der Waals surface area (Å²) in [7, 11) is 5.45. The lowest BCUT2D eigenvalue weighted by Crippen LogP contribution is -2.27. The summed E-state index contributed by atoms with van der Waals surface area (Å²) in [5.41, 5.74) is 11.9. The number of hydrogen-bond donors (Lipinski definition) is 2. The Kier molecular flexibility index (Phi) is 4.89. The molecule has 0 aromatic rings. The molecule has 1 aliphatic carbocycles. The summed E-state index contributed by atoms with van der Waals surface area (Å²) in [5.74, 6) is 0. The van der Waals surface area contributed by atoms with Gasteiger partial charge in [-0.15, -0.1) is 0 Å². The minimum Gasteiger partial charge on any atom is -0.398 e. The first-order chi connectivity index (χ1) is 8.56. The molecular weight excluding hydrogens is 224 g/mol. The van der Waals surface area contributed by atoms with Gasteiger partial charge in [0.1, 0.15) is 0 Å². The molecule has 1 rings (SSSR count). The Labute approximate surface area is 109 Å². The quantitative estimate of drug-likeness (QED) is 0.746. The Bertz CT molecular complexity index is 464. The van der Waals surface area contributed by atoms with Crippen LogP contribution in [0, 0.1) is 0 Å². The maximum absolute atomic E-state index is 6.11. The van der Waals surface area contributed by atoms with Gasteiger partial charge in [0.25, 0.3) is 0 Å². The smallest absolute Gasteiger partial charge is 0.0858 e. The molecule has 0 atom stereocenters. The third-order valence-corrected chi connectivity index (χ3v) is 3.03. The van der Waals surface area contributed by atoms with Crippen molar-refractivity contribution in [2.24, 2.45) is 15.7 Å². The van der Waals surface area contributed by atoms with Crippen LogP contribution in [0.25, 0.3) is 0 Å². The van der Waals surface area contributed by atoms with Gasteiger partial charge in [0, 0.05) is 38.6 Å². The van der Waals surface area contributed by atoms with Gasteiger partial charge in [-0.05, 0) is 30.9 Å². The van der Waals surface area contributed by atoms with E-state index in [0.29, 0.717) is 0 Å². The van der Waals surface area contributed by atoms with Crippen LogP contribution in [0.15, 0.2) is 44.7 Å². The first kappa shape index (κ1) is 14.2. The fraction of sp³-hybridized carbons (Fsp3) is 0.429. The molecule has 0 aromatic heterocycles. The highest BCUT2D eigenvalue weighted by Crippen LogP contribution is 2.27. The van der Waals surface area contributed by atoms with Crippen LogP contribution in [0.2, 0.25) is 0 Å². The third-order valence-electron chi connectivity index (χ3n) is 3.03. The Morgan fingerprint density at radius 3 is 2.50 bits per heavy atom. The first-order valence-electron chi connectivity index (χ1n) is 6.01. The molecule has 0 saturated carbocycles. The topological polar surface area (TPSA) is 62.8 Å². The molecule has 0 aliphatic heterocycles. The highest BCUT2D eigenvalue weighted by atomic mass is 14.9. The highest BCUT2D eigenvalue weighted by Gasteiger charge is 2.23. The van der Waals surface area contributed by atoms with Crippen LogP contribution in [0.4, 0.5) is 0 Å². The molecule has 18 heavy (non-hydrogen) atoms. The third kappa shape index (κ3) is 2.70. The summed E-state index contributed by atoms with van der Waals surface area (Å²) in [5, 5.41) is 3.20. The van der Waals surface area contributed by atoms with Crippen LogP contribution in [-0.4, -0.2) is 33.1 Å². The van der Waals surface area contributed by atoms with E-state index in [1.807, 2.05) is 20.2 Å². The maximum Gasteiger partial charge on any atom is 0.0858 e. The normalized spacial score (nSPS) is 21.7. The van der Waals surface area contributed by atoms with Crippen molar-refractivity contribution in [1.29, 1.82) is 0 Å². The maximum atomic E-state index is 6.11. The molecule has 0 bridgehead atoms. The first-order valence-corrected chi connectivity index (χ1v) is 6.01. The predicted octanol–water partition coefficient (Wildman–Crippen LogP) is 1.81. The second kappa shape index (κ2) is 6.19. The van der Waals surface area contributed by atoms with Gasteiger partial charge < -0.3 is 11.1 Å². The predicted molar refractivity (Wildman–Crippen MR) is 79.1 cm³/mol. The van der Waals surface area contributed by atoms with E-state index in [1.165, 1.54) is 5.57 Å². The summed E-state index contributed by atoms with van der Waals surface area (Å²) >= 11 is 0. The van der Waals surface area contributed by atoms with E-state index in [2.05, 4.69) is 21.9 Å². The molecule has 0 heterocycles. The van der Waals surface area contributed by atoms with Crippen molar-refractivity contribution in [2.75, 3.05) is 21.1 Å². The van der Waals surface area contributed by atoms with E-state index in [4.69, 9.17) is 5.73 Å². The van der Waals surface area contributed by atoms with Crippen molar-refractivity contribution < 1.29 is 0 Å². The summed E-state index contributed by atoms with van der Waals surface area (Å²) in [4.78, 5) is 8.46. The van der Waals surface area contributed by atoms with Crippen molar-refractivity contribution in [2.45, 2.75) is 19.8 Å². The van der Waals surface area contributed by atoms with Crippen LogP contribution in [0.3, 0.4) is 0 Å². The van der Waals surface area contributed by atoms with Gasteiger partial charge in [-0.2, -0.15) is 0 Å². The fourth-order valence-electron chi connectivity index (χ4n) is 2.14. The Morgan fingerprint density at radius 1 is 1.39 bits per heavy atom. The summed E-state index contributed by atoms with van der Waals surface area (Å²) < 4.78 is 0. The average Bonchev–Trinajstić information content (AvgIpc) is 2.37. The lowest BCUT2D eigenvalue weighted by atomic mass is 9.88. The number of allylic oxidation sites excluding steroid dienone is 3. The van der Waals surface area contributed by atoms with Crippen LogP contribution < -0.4 is 11.1 Å². The Morgan fingerprint density at radius 2 is 2.06 bits per heavy atom. The van der Waals surface area contributed by atoms with Crippen molar-refractivity contribution in [1.82, 2.24) is 5.32 Å². The van der Waals surface area contributed by atoms with E-state index >= 15 is 0 Å². The van der Waals surface area contributed by atoms with Gasteiger partial charge in [-0.1, -0.05) is 6.58 Å². The minimum absolute atomic E-state index is 0.746. The number of rotatable bonds is 3. The van der Waals surface area contributed by atoms with E-state index in [0.717, 1.165) is 41.1 Å². The molecule has 98 valence electrons. The number of nitrogens with two attached hydrogens (primary N) is 1. The molecule has 0 unspecified atom stereocenters. The van der Waals surface area contributed by atoms with E-state index in [9.17, 15) is 0 Å². The zero-order valence-electron chi connectivity index (χ0n) is 11.7. The molecule has 1 aliphatic rings. The van der Waals surface area contributed by atoms with Gasteiger partial charge in [0.05, 0.1) is 11.4 Å². The van der Waals surface area contributed by atoms with Crippen LogP contribution in [-0.2, 0) is 0 Å². The van der Waals surface area contributed by atoms with Gasteiger partial charge in [0.2, 0.25) is 0 Å². The number of nitrogens with zero attached hydrogens (tertiary/aromatic N) is 2. The molecule has 4 heteroatoms. The molecule has 0 amide bonds. The standard InChI is InChI=1S/C14H22N4/c1-9(2)12(15)11-7-6-10(8-16-3)13(17-4)14(11)18-5/h8,17H,1,6-7,15H2,2-5H3. The molecule has 0 aromatic carbocycles. The molecular formula is C14H22N4. The van der Waals surface area contributed by atoms with E-state index in [1.54, 1.807) is 14.1 Å². The average molecular weight is 246 g/mol. The molecule has 3 N–H and O–H groups in total. The summed E-state index contributed by atoms with van der Waals surface area (Å²) in [6, 6.07) is 0. The monoisotopic (exact) mass is 246 g/mol. The summed E-state index contributed by atoms with van der Waals surface area (Å²) in [6.07, 6.45) is 3.67. The SMILES string of the molecule is C=C(C)C(N)=C1CCC(C=NC)=C(NC)C1=NC. The van der Waals surface area contributed by atoms with Gasteiger partial charge in [0.15, 0.2) is 0 Å². The lowest BCUT2D eigenvalue weighted by Gasteiger charge is -2.24. The number of aliphatic imine (C=N–C) groups is 2. The Hall–Kier alpha value is -1.84. The van der Waals surface area contributed by atoms with Crippen molar-refractivity contribution in [3.63, 3.8) is 0 Å². The highest BCUT2D eigenvalue weighted by molar-refractivity contribution is 6.16. The largest absolute Gasteiger partial charge is 0.398 e. The molecule has 0 radical (unpaired) electrons. The van der Waals surface area contributed by atoms with Gasteiger partial charge in [-0.25, -0.2) is 0 Å². The molecule has 0 spiro atoms. The number of hydrogen-bond acceptors (Lipinski definition) is 4. The minimum atomic E-state index is 0.746. The summed E-state index contributed by atoms with van der Waals surface area (Å²) in [6.45, 7) is 5.82. The van der Waals surface area contributed by atoms with Gasteiger partial charge in [-0.3, -0.25) is 9.98 Å².